The fourth-order valence-electron chi connectivity index (χ4n) is 2.17. The summed E-state index contributed by atoms with van der Waals surface area (Å²) in [5.74, 6) is -2.36. The van der Waals surface area contributed by atoms with Crippen LogP contribution in [0.5, 0.6) is 0 Å². The van der Waals surface area contributed by atoms with Crippen molar-refractivity contribution < 1.29 is 4.79 Å². The van der Waals surface area contributed by atoms with Gasteiger partial charge in [0.2, 0.25) is 0 Å². The molecule has 4 N–H and O–H groups in total. The first-order valence-electron chi connectivity index (χ1n) is 5.33. The van der Waals surface area contributed by atoms with Gasteiger partial charge in [0.25, 0.3) is 0 Å². The second-order valence-corrected chi connectivity index (χ2v) is 4.18. The van der Waals surface area contributed by atoms with Gasteiger partial charge in [0.05, 0.1) is 18.2 Å². The lowest BCUT2D eigenvalue weighted by Gasteiger charge is -2.20. The molecule has 0 spiro atoms. The average Bonchev–Trinajstić information content (AvgIpc) is 2.58. The summed E-state index contributed by atoms with van der Waals surface area (Å²) in [6.07, 6.45) is 1.22. The largest absolute Gasteiger partial charge is 0.350 e. The zero-order chi connectivity index (χ0) is 14.6. The van der Waals surface area contributed by atoms with E-state index >= 15 is 0 Å². The van der Waals surface area contributed by atoms with Crippen LogP contribution < -0.4 is 11.2 Å². The number of primary amides is 1. The van der Waals surface area contributed by atoms with Gasteiger partial charge in [0, 0.05) is 23.8 Å². The van der Waals surface area contributed by atoms with Crippen LogP contribution in [0.15, 0.2) is 5.10 Å². The maximum absolute atomic E-state index is 10.5. The van der Waals surface area contributed by atoms with Gasteiger partial charge in [-0.25, -0.2) is 10.2 Å². The quantitative estimate of drug-likeness (QED) is 0.472. The van der Waals surface area contributed by atoms with E-state index in [-0.39, 0.29) is 5.71 Å². The first kappa shape index (κ1) is 14.1. The van der Waals surface area contributed by atoms with Crippen molar-refractivity contribution in [2.75, 3.05) is 0 Å². The highest BCUT2D eigenvalue weighted by Crippen LogP contribution is 2.47. The van der Waals surface area contributed by atoms with Gasteiger partial charge in [0.1, 0.15) is 5.92 Å². The van der Waals surface area contributed by atoms with Gasteiger partial charge in [-0.3, -0.25) is 0 Å². The second kappa shape index (κ2) is 5.16. The minimum absolute atomic E-state index is 0.0619. The summed E-state index contributed by atoms with van der Waals surface area (Å²) in [5, 5.41) is 38.8. The Hall–Kier alpha value is -2.92. The lowest BCUT2D eigenvalue weighted by Crippen LogP contribution is -2.29. The molecule has 0 aliphatic heterocycles. The third-order valence-electron chi connectivity index (χ3n) is 3.29. The van der Waals surface area contributed by atoms with E-state index in [1.807, 2.05) is 23.6 Å². The number of hydrogen-bond donors (Lipinski definition) is 3. The zero-order valence-corrected chi connectivity index (χ0v) is 10.1. The average molecular weight is 257 g/mol. The predicted octanol–water partition coefficient (Wildman–Crippen LogP) is 0.0995. The molecule has 1 aliphatic rings. The van der Waals surface area contributed by atoms with Gasteiger partial charge in [-0.15, -0.1) is 0 Å². The number of carbonyl (C=O) groups is 1. The molecule has 1 saturated carbocycles. The van der Waals surface area contributed by atoms with Crippen molar-refractivity contribution in [2.24, 2.45) is 34.0 Å². The Bertz CT molecular complexity index is 545. The molecule has 0 aromatic heterocycles. The highest BCUT2D eigenvalue weighted by atomic mass is 16.2. The third-order valence-corrected chi connectivity index (χ3v) is 3.29. The van der Waals surface area contributed by atoms with Crippen molar-refractivity contribution in [1.29, 1.82) is 21.2 Å². The second-order valence-electron chi connectivity index (χ2n) is 4.18. The summed E-state index contributed by atoms with van der Waals surface area (Å²) < 4.78 is 0. The molecule has 1 fully saturated rings. The van der Waals surface area contributed by atoms with E-state index in [2.05, 4.69) is 5.10 Å². The highest BCUT2D eigenvalue weighted by molar-refractivity contribution is 6.03. The fourth-order valence-corrected chi connectivity index (χ4v) is 2.17. The molecule has 1 unspecified atom stereocenters. The minimum atomic E-state index is -1.57. The molecule has 0 aromatic rings. The summed E-state index contributed by atoms with van der Waals surface area (Å²) in [6, 6.07) is 4.64. The molecule has 0 saturated heterocycles. The molecule has 3 atom stereocenters. The number of nitrogens with zero attached hydrogens (tertiary/aromatic N) is 4. The number of hydrazone groups is 1. The Morgan fingerprint density at radius 1 is 1.53 bits per heavy atom. The Balaban J connectivity index is 3.13. The van der Waals surface area contributed by atoms with E-state index in [4.69, 9.17) is 16.4 Å². The summed E-state index contributed by atoms with van der Waals surface area (Å²) in [5.41, 5.74) is 5.17. The summed E-state index contributed by atoms with van der Waals surface area (Å²) >= 11 is 0. The van der Waals surface area contributed by atoms with Gasteiger partial charge in [0.15, 0.2) is 5.41 Å². The maximum Gasteiger partial charge on any atom is 0.332 e. The van der Waals surface area contributed by atoms with Gasteiger partial charge in [-0.05, 0) is 0 Å². The fraction of sp³-hybridized carbons (Fsp3) is 0.455. The molecule has 1 aliphatic carbocycles. The van der Waals surface area contributed by atoms with E-state index in [1.54, 1.807) is 6.92 Å². The molecule has 0 radical (unpaired) electrons. The van der Waals surface area contributed by atoms with E-state index < -0.39 is 29.2 Å². The molecular weight excluding hydrogens is 246 g/mol. The topological polar surface area (TPSA) is 163 Å². The summed E-state index contributed by atoms with van der Waals surface area (Å²) in [4.78, 5) is 10.5. The number of nitrogens with two attached hydrogens (primary N) is 1. The van der Waals surface area contributed by atoms with E-state index in [0.29, 0.717) is 0 Å². The Morgan fingerprint density at radius 2 is 2.11 bits per heavy atom. The molecular formula is C11H11N7O. The molecule has 0 heterocycles. The van der Waals surface area contributed by atoms with Crippen LogP contribution in [0.1, 0.15) is 6.92 Å². The predicted molar refractivity (Wildman–Crippen MR) is 64.4 cm³/mol. The van der Waals surface area contributed by atoms with Gasteiger partial charge in [-0.1, -0.05) is 6.92 Å². The monoisotopic (exact) mass is 257 g/mol. The van der Waals surface area contributed by atoms with E-state index in [1.165, 1.54) is 6.21 Å². The first-order chi connectivity index (χ1) is 8.94. The molecule has 0 aromatic carbocycles. The van der Waals surface area contributed by atoms with Crippen LogP contribution in [-0.4, -0.2) is 18.0 Å². The lowest BCUT2D eigenvalue weighted by atomic mass is 9.74. The number of nitrogens with one attached hydrogen (secondary N) is 2. The number of nitriles is 3. The summed E-state index contributed by atoms with van der Waals surface area (Å²) in [6.45, 7) is 1.60. The molecule has 8 heteroatoms. The van der Waals surface area contributed by atoms with E-state index in [0.717, 1.165) is 0 Å². The van der Waals surface area contributed by atoms with Gasteiger partial charge in [-0.2, -0.15) is 20.9 Å². The van der Waals surface area contributed by atoms with Crippen LogP contribution in [0.25, 0.3) is 0 Å². The number of amides is 2. The number of rotatable bonds is 2. The van der Waals surface area contributed by atoms with Crippen molar-refractivity contribution in [2.45, 2.75) is 6.92 Å². The van der Waals surface area contributed by atoms with E-state index in [9.17, 15) is 15.3 Å². The van der Waals surface area contributed by atoms with Crippen LogP contribution in [0.4, 0.5) is 4.79 Å². The van der Waals surface area contributed by atoms with Gasteiger partial charge >= 0.3 is 6.03 Å². The molecule has 19 heavy (non-hydrogen) atoms. The van der Waals surface area contributed by atoms with Crippen molar-refractivity contribution >= 4 is 18.0 Å². The highest BCUT2D eigenvalue weighted by Gasteiger charge is 2.57. The van der Waals surface area contributed by atoms with Crippen LogP contribution in [0.2, 0.25) is 0 Å². The Labute approximate surface area is 109 Å². The van der Waals surface area contributed by atoms with Crippen LogP contribution >= 0.6 is 0 Å². The minimum Gasteiger partial charge on any atom is -0.350 e. The molecule has 1 rings (SSSR count). The molecule has 0 bridgehead atoms. The van der Waals surface area contributed by atoms with Crippen molar-refractivity contribution in [1.82, 2.24) is 5.43 Å². The smallest absolute Gasteiger partial charge is 0.332 e. The number of hydrogen-bond acceptors (Lipinski definition) is 6. The van der Waals surface area contributed by atoms with Crippen molar-refractivity contribution in [3.05, 3.63) is 0 Å². The number of urea groups is 1. The van der Waals surface area contributed by atoms with Crippen molar-refractivity contribution in [3.8, 4) is 18.2 Å². The van der Waals surface area contributed by atoms with Crippen LogP contribution in [0.3, 0.4) is 0 Å². The first-order valence-corrected chi connectivity index (χ1v) is 5.33. The maximum atomic E-state index is 10.5. The standard InChI is InChI=1S/C11H11N7O/c1-6-7(3-17-18-10(16)19)9(15)8(2-12)11(6,4-13)5-14/h3,6-8,15H,1H3,(H3,16,18,19)/b15-9?,17-3-/t6-,7+,8?/m0/s1. The van der Waals surface area contributed by atoms with Crippen LogP contribution in [-0.2, 0) is 0 Å². The lowest BCUT2D eigenvalue weighted by molar-refractivity contribution is 0.249. The molecule has 2 amide bonds. The normalized spacial score (nSPS) is 28.3. The van der Waals surface area contributed by atoms with Gasteiger partial charge < -0.3 is 11.1 Å². The number of carbonyl (C=O) groups excluding carboxylic acids is 1. The SMILES string of the molecule is C[C@H]1[C@@H](/C=N\NC(N)=O)C(=N)C(C#N)C1(C#N)C#N. The molecule has 96 valence electrons. The summed E-state index contributed by atoms with van der Waals surface area (Å²) in [7, 11) is 0. The van der Waals surface area contributed by atoms with Crippen LogP contribution in [0, 0.1) is 62.6 Å². The molecule has 8 nitrogen and oxygen atoms in total. The Morgan fingerprint density at radius 3 is 2.47 bits per heavy atom. The zero-order valence-electron chi connectivity index (χ0n) is 10.1. The van der Waals surface area contributed by atoms with Crippen molar-refractivity contribution in [3.63, 3.8) is 0 Å². The third kappa shape index (κ3) is 2.10. The Kier molecular flexibility index (Phi) is 3.84.